The first-order chi connectivity index (χ1) is 14.3. The van der Waals surface area contributed by atoms with Crippen LogP contribution >= 0.6 is 11.6 Å². The molecule has 0 saturated heterocycles. The van der Waals surface area contributed by atoms with E-state index in [9.17, 15) is 0 Å². The Hall–Kier alpha value is -3.64. The molecule has 5 rings (SSSR count). The van der Waals surface area contributed by atoms with Crippen molar-refractivity contribution in [3.63, 3.8) is 0 Å². The summed E-state index contributed by atoms with van der Waals surface area (Å²) in [4.78, 5) is 4.81. The molecule has 5 aromatic rings. The monoisotopic (exact) mass is 401 g/mol. The molecule has 2 heterocycles. The standard InChI is InChI=1S/C22H16ClN5O/c23-16-9-6-10-17(13-16)24-22-27-26-20(29-22)14-28-19-12-5-4-11-18(19)25-21(28)15-7-2-1-3-8-15/h1-13H,14H2,(H,24,27). The second-order valence-electron chi connectivity index (χ2n) is 6.51. The second-order valence-corrected chi connectivity index (χ2v) is 6.95. The Morgan fingerprint density at radius 2 is 1.72 bits per heavy atom. The van der Waals surface area contributed by atoms with Crippen LogP contribution in [0.3, 0.4) is 0 Å². The number of anilines is 2. The third-order valence-electron chi connectivity index (χ3n) is 4.52. The van der Waals surface area contributed by atoms with Gasteiger partial charge in [0.25, 0.3) is 0 Å². The van der Waals surface area contributed by atoms with Crippen molar-refractivity contribution in [1.29, 1.82) is 0 Å². The van der Waals surface area contributed by atoms with Gasteiger partial charge in [-0.1, -0.05) is 65.2 Å². The van der Waals surface area contributed by atoms with Gasteiger partial charge in [-0.3, -0.25) is 0 Å². The van der Waals surface area contributed by atoms with Gasteiger partial charge < -0.3 is 14.3 Å². The normalized spacial score (nSPS) is 11.1. The van der Waals surface area contributed by atoms with Crippen LogP contribution in [0.15, 0.2) is 83.3 Å². The molecule has 142 valence electrons. The van der Waals surface area contributed by atoms with Crippen LogP contribution in [-0.4, -0.2) is 19.7 Å². The van der Waals surface area contributed by atoms with Crippen molar-refractivity contribution in [3.05, 3.63) is 89.8 Å². The van der Waals surface area contributed by atoms with Crippen molar-refractivity contribution in [2.45, 2.75) is 6.54 Å². The molecule has 0 aliphatic heterocycles. The highest BCUT2D eigenvalue weighted by Crippen LogP contribution is 2.26. The van der Waals surface area contributed by atoms with Gasteiger partial charge in [0.1, 0.15) is 12.4 Å². The fourth-order valence-electron chi connectivity index (χ4n) is 3.24. The molecular weight excluding hydrogens is 386 g/mol. The number of para-hydroxylation sites is 2. The van der Waals surface area contributed by atoms with Crippen molar-refractivity contribution in [3.8, 4) is 11.4 Å². The van der Waals surface area contributed by atoms with E-state index in [1.54, 1.807) is 12.1 Å². The quantitative estimate of drug-likeness (QED) is 0.419. The maximum atomic E-state index is 6.03. The highest BCUT2D eigenvalue weighted by atomic mass is 35.5. The minimum absolute atomic E-state index is 0.313. The average Bonchev–Trinajstić information content (AvgIpc) is 3.34. The minimum Gasteiger partial charge on any atom is -0.406 e. The number of imidazole rings is 1. The lowest BCUT2D eigenvalue weighted by atomic mass is 10.2. The summed E-state index contributed by atoms with van der Waals surface area (Å²) in [5.74, 6) is 1.34. The zero-order valence-electron chi connectivity index (χ0n) is 15.3. The van der Waals surface area contributed by atoms with E-state index >= 15 is 0 Å². The third-order valence-corrected chi connectivity index (χ3v) is 4.76. The number of benzene rings is 3. The van der Waals surface area contributed by atoms with Gasteiger partial charge in [0.2, 0.25) is 5.89 Å². The number of fused-ring (bicyclic) bond motifs is 1. The molecule has 7 heteroatoms. The third kappa shape index (κ3) is 3.58. The molecule has 0 saturated carbocycles. The van der Waals surface area contributed by atoms with Crippen LogP contribution in [0.2, 0.25) is 5.02 Å². The number of rotatable bonds is 5. The number of halogens is 1. The van der Waals surface area contributed by atoms with Crippen LogP contribution in [0.5, 0.6) is 0 Å². The molecular formula is C22H16ClN5O. The van der Waals surface area contributed by atoms with E-state index < -0.39 is 0 Å². The second kappa shape index (κ2) is 7.41. The smallest absolute Gasteiger partial charge is 0.320 e. The summed E-state index contributed by atoms with van der Waals surface area (Å²) < 4.78 is 7.90. The highest BCUT2D eigenvalue weighted by molar-refractivity contribution is 6.30. The molecule has 0 amide bonds. The van der Waals surface area contributed by atoms with Gasteiger partial charge in [0, 0.05) is 16.3 Å². The van der Waals surface area contributed by atoms with Gasteiger partial charge in [-0.25, -0.2) is 4.98 Å². The minimum atomic E-state index is 0.313. The summed E-state index contributed by atoms with van der Waals surface area (Å²) >= 11 is 6.03. The Morgan fingerprint density at radius 3 is 2.59 bits per heavy atom. The Morgan fingerprint density at radius 1 is 0.897 bits per heavy atom. The molecule has 3 aromatic carbocycles. The number of nitrogens with one attached hydrogen (secondary N) is 1. The maximum Gasteiger partial charge on any atom is 0.320 e. The van der Waals surface area contributed by atoms with Gasteiger partial charge in [-0.05, 0) is 30.3 Å². The topological polar surface area (TPSA) is 68.8 Å². The summed E-state index contributed by atoms with van der Waals surface area (Å²) in [7, 11) is 0. The van der Waals surface area contributed by atoms with E-state index in [1.165, 1.54) is 0 Å². The number of hydrogen-bond donors (Lipinski definition) is 1. The Kier molecular flexibility index (Phi) is 4.46. The molecule has 0 aliphatic carbocycles. The molecule has 29 heavy (non-hydrogen) atoms. The first-order valence-corrected chi connectivity index (χ1v) is 9.50. The molecule has 0 aliphatic rings. The maximum absolute atomic E-state index is 6.03. The fourth-order valence-corrected chi connectivity index (χ4v) is 3.43. The van der Waals surface area contributed by atoms with Gasteiger partial charge in [-0.2, -0.15) is 0 Å². The molecule has 0 bridgehead atoms. The lowest BCUT2D eigenvalue weighted by Gasteiger charge is -2.07. The highest BCUT2D eigenvalue weighted by Gasteiger charge is 2.15. The fraction of sp³-hybridized carbons (Fsp3) is 0.0455. The Balaban J connectivity index is 1.48. The van der Waals surface area contributed by atoms with Crippen LogP contribution in [-0.2, 0) is 6.54 Å². The van der Waals surface area contributed by atoms with E-state index in [-0.39, 0.29) is 0 Å². The number of nitrogens with zero attached hydrogens (tertiary/aromatic N) is 4. The van der Waals surface area contributed by atoms with Crippen molar-refractivity contribution in [1.82, 2.24) is 19.7 Å². The summed E-state index contributed by atoms with van der Waals surface area (Å²) in [6.07, 6.45) is 0. The summed E-state index contributed by atoms with van der Waals surface area (Å²) in [5.41, 5.74) is 3.74. The van der Waals surface area contributed by atoms with Gasteiger partial charge in [0.05, 0.1) is 11.0 Å². The molecule has 0 radical (unpaired) electrons. The van der Waals surface area contributed by atoms with Crippen molar-refractivity contribution in [2.24, 2.45) is 0 Å². The van der Waals surface area contributed by atoms with Crippen LogP contribution < -0.4 is 5.32 Å². The molecule has 0 unspecified atom stereocenters. The zero-order chi connectivity index (χ0) is 19.6. The molecule has 1 N–H and O–H groups in total. The SMILES string of the molecule is Clc1cccc(Nc2nnc(Cn3c(-c4ccccc4)nc4ccccc43)o2)c1. The van der Waals surface area contributed by atoms with Crippen LogP contribution in [0.4, 0.5) is 11.7 Å². The van der Waals surface area contributed by atoms with E-state index in [2.05, 4.69) is 20.1 Å². The predicted molar refractivity (Wildman–Crippen MR) is 113 cm³/mol. The Bertz CT molecular complexity index is 1280. The van der Waals surface area contributed by atoms with Crippen molar-refractivity contribution in [2.75, 3.05) is 5.32 Å². The molecule has 2 aromatic heterocycles. The van der Waals surface area contributed by atoms with E-state index in [1.807, 2.05) is 66.7 Å². The van der Waals surface area contributed by atoms with Crippen LogP contribution in [0.25, 0.3) is 22.4 Å². The van der Waals surface area contributed by atoms with Gasteiger partial charge in [0.15, 0.2) is 0 Å². The van der Waals surface area contributed by atoms with Crippen LogP contribution in [0.1, 0.15) is 5.89 Å². The van der Waals surface area contributed by atoms with Crippen molar-refractivity contribution < 1.29 is 4.42 Å². The lowest BCUT2D eigenvalue weighted by Crippen LogP contribution is -2.02. The zero-order valence-corrected chi connectivity index (χ0v) is 16.0. The number of hydrogen-bond acceptors (Lipinski definition) is 5. The first-order valence-electron chi connectivity index (χ1n) is 9.12. The first kappa shape index (κ1) is 17.5. The van der Waals surface area contributed by atoms with E-state index in [4.69, 9.17) is 21.0 Å². The number of aromatic nitrogens is 4. The van der Waals surface area contributed by atoms with Crippen molar-refractivity contribution >= 4 is 34.3 Å². The lowest BCUT2D eigenvalue weighted by molar-refractivity contribution is 0.495. The van der Waals surface area contributed by atoms with Gasteiger partial charge >= 0.3 is 6.01 Å². The van der Waals surface area contributed by atoms with Gasteiger partial charge in [-0.15, -0.1) is 5.10 Å². The van der Waals surface area contributed by atoms with E-state index in [0.29, 0.717) is 23.5 Å². The molecule has 0 atom stereocenters. The summed E-state index contributed by atoms with van der Waals surface area (Å²) in [6, 6.07) is 25.7. The molecule has 0 spiro atoms. The average molecular weight is 402 g/mol. The predicted octanol–water partition coefficient (Wildman–Crippen LogP) is 5.53. The molecule has 6 nitrogen and oxygen atoms in total. The van der Waals surface area contributed by atoms with Crippen LogP contribution in [0, 0.1) is 0 Å². The summed E-state index contributed by atoms with van der Waals surface area (Å²) in [6.45, 7) is 0.412. The largest absolute Gasteiger partial charge is 0.406 e. The Labute approximate surface area is 171 Å². The summed E-state index contributed by atoms with van der Waals surface area (Å²) in [5, 5.41) is 12.0. The molecule has 0 fully saturated rings. The van der Waals surface area contributed by atoms with E-state index in [0.717, 1.165) is 28.1 Å².